The van der Waals surface area contributed by atoms with Gasteiger partial charge in [0.25, 0.3) is 0 Å². The summed E-state index contributed by atoms with van der Waals surface area (Å²) < 4.78 is 0. The molecule has 0 saturated heterocycles. The van der Waals surface area contributed by atoms with Crippen LogP contribution in [0.2, 0.25) is 0 Å². The molecule has 0 radical (unpaired) electrons. The molecule has 0 bridgehead atoms. The molecule has 0 atom stereocenters. The number of nitrogens with one attached hydrogen (secondary N) is 1. The third-order valence-electron chi connectivity index (χ3n) is 2.75. The van der Waals surface area contributed by atoms with E-state index < -0.39 is 0 Å². The Morgan fingerprint density at radius 1 is 0.800 bits per heavy atom. The molecule has 0 aliphatic carbocycles. The second-order valence-corrected chi connectivity index (χ2v) is 4.23. The second-order valence-electron chi connectivity index (χ2n) is 4.23. The van der Waals surface area contributed by atoms with Crippen molar-refractivity contribution in [3.63, 3.8) is 0 Å². The van der Waals surface area contributed by atoms with Gasteiger partial charge >= 0.3 is 0 Å². The molecular formula is C15H13N5. The van der Waals surface area contributed by atoms with E-state index in [0.29, 0.717) is 5.95 Å². The minimum absolute atomic E-state index is 0.526. The fraction of sp³-hybridized carbons (Fsp3) is 0. The van der Waals surface area contributed by atoms with Gasteiger partial charge in [-0.25, -0.2) is 9.97 Å². The third-order valence-corrected chi connectivity index (χ3v) is 2.75. The maximum absolute atomic E-state index is 5.65. The molecule has 20 heavy (non-hydrogen) atoms. The normalized spacial score (nSPS) is 10.2. The van der Waals surface area contributed by atoms with E-state index in [4.69, 9.17) is 5.73 Å². The summed E-state index contributed by atoms with van der Waals surface area (Å²) in [5.41, 5.74) is 8.85. The first kappa shape index (κ1) is 12.1. The predicted molar refractivity (Wildman–Crippen MR) is 79.4 cm³/mol. The smallest absolute Gasteiger partial charge is 0.227 e. The van der Waals surface area contributed by atoms with Gasteiger partial charge in [0, 0.05) is 23.8 Å². The van der Waals surface area contributed by atoms with Gasteiger partial charge in [0.15, 0.2) is 0 Å². The Bertz CT molecular complexity index is 695. The summed E-state index contributed by atoms with van der Waals surface area (Å²) in [6.45, 7) is 0. The summed E-state index contributed by atoms with van der Waals surface area (Å²) in [6, 6.07) is 15.0. The average Bonchev–Trinajstić information content (AvgIpc) is 2.51. The maximum atomic E-state index is 5.65. The molecule has 5 heteroatoms. The number of anilines is 3. The molecule has 1 aromatic carbocycles. The lowest BCUT2D eigenvalue weighted by Crippen LogP contribution is -1.98. The van der Waals surface area contributed by atoms with Crippen molar-refractivity contribution in [3.8, 4) is 11.4 Å². The van der Waals surface area contributed by atoms with Crippen LogP contribution in [0, 0.1) is 0 Å². The number of rotatable bonds is 3. The molecule has 0 aliphatic heterocycles. The van der Waals surface area contributed by atoms with E-state index in [0.717, 1.165) is 22.8 Å². The van der Waals surface area contributed by atoms with E-state index >= 15 is 0 Å². The molecular weight excluding hydrogens is 250 g/mol. The van der Waals surface area contributed by atoms with Gasteiger partial charge in [0.05, 0.1) is 11.4 Å². The summed E-state index contributed by atoms with van der Waals surface area (Å²) in [7, 11) is 0. The lowest BCUT2D eigenvalue weighted by atomic mass is 10.2. The highest BCUT2D eigenvalue weighted by Crippen LogP contribution is 2.18. The number of nitrogens with two attached hydrogens (primary N) is 1. The van der Waals surface area contributed by atoms with Gasteiger partial charge in [-0.1, -0.05) is 6.07 Å². The Morgan fingerprint density at radius 2 is 1.65 bits per heavy atom. The fourth-order valence-electron chi connectivity index (χ4n) is 1.77. The standard InChI is InChI=1S/C15H13N5/c16-11-4-6-12(7-5-11)19-15-18-10-8-14(20-15)13-3-1-2-9-17-13/h1-10H,16H2,(H,18,19,20). The summed E-state index contributed by atoms with van der Waals surface area (Å²) in [5.74, 6) is 0.526. The van der Waals surface area contributed by atoms with Gasteiger partial charge in [-0.2, -0.15) is 0 Å². The summed E-state index contributed by atoms with van der Waals surface area (Å²) in [5, 5.41) is 3.14. The number of nitrogens with zero attached hydrogens (tertiary/aromatic N) is 3. The van der Waals surface area contributed by atoms with Crippen molar-refractivity contribution in [1.29, 1.82) is 0 Å². The Morgan fingerprint density at radius 3 is 2.40 bits per heavy atom. The Hall–Kier alpha value is -2.95. The molecule has 2 heterocycles. The summed E-state index contributed by atoms with van der Waals surface area (Å²) in [6.07, 6.45) is 3.45. The zero-order chi connectivity index (χ0) is 13.8. The first-order valence-corrected chi connectivity index (χ1v) is 6.18. The van der Waals surface area contributed by atoms with Crippen LogP contribution >= 0.6 is 0 Å². The summed E-state index contributed by atoms with van der Waals surface area (Å²) in [4.78, 5) is 12.9. The van der Waals surface area contributed by atoms with E-state index in [9.17, 15) is 0 Å². The van der Waals surface area contributed by atoms with Crippen molar-refractivity contribution >= 4 is 17.3 Å². The topological polar surface area (TPSA) is 76.7 Å². The maximum Gasteiger partial charge on any atom is 0.227 e. The van der Waals surface area contributed by atoms with Crippen molar-refractivity contribution < 1.29 is 0 Å². The molecule has 0 aliphatic rings. The third kappa shape index (κ3) is 2.72. The van der Waals surface area contributed by atoms with E-state index in [1.165, 1.54) is 0 Å². The van der Waals surface area contributed by atoms with Crippen LogP contribution in [0.3, 0.4) is 0 Å². The van der Waals surface area contributed by atoms with Crippen molar-refractivity contribution in [3.05, 3.63) is 60.9 Å². The van der Waals surface area contributed by atoms with Crippen LogP contribution in [0.1, 0.15) is 0 Å². The van der Waals surface area contributed by atoms with Gasteiger partial charge in [-0.15, -0.1) is 0 Å². The van der Waals surface area contributed by atoms with Gasteiger partial charge in [-0.05, 0) is 42.5 Å². The van der Waals surface area contributed by atoms with Crippen molar-refractivity contribution in [2.75, 3.05) is 11.1 Å². The number of aromatic nitrogens is 3. The molecule has 0 fully saturated rings. The number of hydrogen-bond acceptors (Lipinski definition) is 5. The quantitative estimate of drug-likeness (QED) is 0.710. The first-order chi connectivity index (χ1) is 9.81. The highest BCUT2D eigenvalue weighted by Gasteiger charge is 2.03. The van der Waals surface area contributed by atoms with Crippen LogP contribution in [-0.4, -0.2) is 15.0 Å². The molecule has 0 unspecified atom stereocenters. The van der Waals surface area contributed by atoms with E-state index in [1.54, 1.807) is 12.4 Å². The molecule has 3 rings (SSSR count). The van der Waals surface area contributed by atoms with Crippen LogP contribution in [-0.2, 0) is 0 Å². The highest BCUT2D eigenvalue weighted by molar-refractivity contribution is 5.60. The number of benzene rings is 1. The number of pyridine rings is 1. The van der Waals surface area contributed by atoms with Crippen LogP contribution < -0.4 is 11.1 Å². The molecule has 98 valence electrons. The van der Waals surface area contributed by atoms with Crippen LogP contribution in [0.5, 0.6) is 0 Å². The zero-order valence-electron chi connectivity index (χ0n) is 10.7. The van der Waals surface area contributed by atoms with Gasteiger partial charge in [0.2, 0.25) is 5.95 Å². The van der Waals surface area contributed by atoms with E-state index in [-0.39, 0.29) is 0 Å². The lowest BCUT2D eigenvalue weighted by Gasteiger charge is -2.06. The lowest BCUT2D eigenvalue weighted by molar-refractivity contribution is 1.15. The SMILES string of the molecule is Nc1ccc(Nc2nccc(-c3ccccn3)n2)cc1. The van der Waals surface area contributed by atoms with E-state index in [2.05, 4.69) is 20.3 Å². The highest BCUT2D eigenvalue weighted by atomic mass is 15.1. The molecule has 2 aromatic heterocycles. The Kier molecular flexibility index (Phi) is 3.24. The van der Waals surface area contributed by atoms with Crippen molar-refractivity contribution in [1.82, 2.24) is 15.0 Å². The number of hydrogen-bond donors (Lipinski definition) is 2. The van der Waals surface area contributed by atoms with Crippen molar-refractivity contribution in [2.24, 2.45) is 0 Å². The molecule has 3 aromatic rings. The average molecular weight is 263 g/mol. The van der Waals surface area contributed by atoms with Crippen LogP contribution in [0.25, 0.3) is 11.4 Å². The van der Waals surface area contributed by atoms with Gasteiger partial charge in [-0.3, -0.25) is 4.98 Å². The monoisotopic (exact) mass is 263 g/mol. The summed E-state index contributed by atoms with van der Waals surface area (Å²) >= 11 is 0. The van der Waals surface area contributed by atoms with Gasteiger partial charge in [0.1, 0.15) is 0 Å². The first-order valence-electron chi connectivity index (χ1n) is 6.18. The fourth-order valence-corrected chi connectivity index (χ4v) is 1.77. The Labute approximate surface area is 116 Å². The predicted octanol–water partition coefficient (Wildman–Crippen LogP) is 2.86. The zero-order valence-corrected chi connectivity index (χ0v) is 10.7. The molecule has 5 nitrogen and oxygen atoms in total. The molecule has 3 N–H and O–H groups in total. The molecule has 0 amide bonds. The van der Waals surface area contributed by atoms with Crippen molar-refractivity contribution in [2.45, 2.75) is 0 Å². The van der Waals surface area contributed by atoms with Crippen LogP contribution in [0.15, 0.2) is 60.9 Å². The second kappa shape index (κ2) is 5.36. The minimum atomic E-state index is 0.526. The Balaban J connectivity index is 1.86. The minimum Gasteiger partial charge on any atom is -0.399 e. The van der Waals surface area contributed by atoms with Crippen LogP contribution in [0.4, 0.5) is 17.3 Å². The number of nitrogen functional groups attached to an aromatic ring is 1. The van der Waals surface area contributed by atoms with E-state index in [1.807, 2.05) is 48.5 Å². The largest absolute Gasteiger partial charge is 0.399 e. The molecule has 0 saturated carbocycles. The molecule has 0 spiro atoms. The van der Waals surface area contributed by atoms with Gasteiger partial charge < -0.3 is 11.1 Å².